The molecule has 12 heteroatoms. The van der Waals surface area contributed by atoms with E-state index in [0.29, 0.717) is 16.8 Å². The number of fused-ring (bicyclic) bond motifs is 1. The van der Waals surface area contributed by atoms with Crippen molar-refractivity contribution in [3.8, 4) is 11.4 Å². The van der Waals surface area contributed by atoms with Crippen molar-refractivity contribution in [2.75, 3.05) is 17.7 Å². The van der Waals surface area contributed by atoms with E-state index >= 15 is 0 Å². The third kappa shape index (κ3) is 5.43. The van der Waals surface area contributed by atoms with Gasteiger partial charge in [0.1, 0.15) is 16.2 Å². The number of benzene rings is 2. The molecule has 1 amide bonds. The number of hydrogen-bond acceptors (Lipinski definition) is 8. The summed E-state index contributed by atoms with van der Waals surface area (Å²) in [5.41, 5.74) is 0.236. The first-order valence-electron chi connectivity index (χ1n) is 11.1. The Morgan fingerprint density at radius 2 is 1.68 bits per heavy atom. The van der Waals surface area contributed by atoms with Crippen molar-refractivity contribution in [2.45, 2.75) is 11.9 Å². The molecule has 0 fully saturated rings. The zero-order chi connectivity index (χ0) is 26.7. The Bertz CT molecular complexity index is 1610. The lowest BCUT2D eigenvalue weighted by atomic mass is 10.2. The van der Waals surface area contributed by atoms with Crippen LogP contribution in [-0.2, 0) is 23.6 Å². The van der Waals surface area contributed by atoms with Gasteiger partial charge in [0.05, 0.1) is 17.9 Å². The van der Waals surface area contributed by atoms with Crippen molar-refractivity contribution < 1.29 is 18.7 Å². The van der Waals surface area contributed by atoms with Crippen LogP contribution in [0.5, 0.6) is 0 Å². The zero-order valence-electron chi connectivity index (χ0n) is 20.1. The summed E-state index contributed by atoms with van der Waals surface area (Å²) in [7, 11) is 2.83. The molecule has 0 atom stereocenters. The summed E-state index contributed by atoms with van der Waals surface area (Å²) in [4.78, 5) is 58.8. The van der Waals surface area contributed by atoms with Crippen molar-refractivity contribution in [3.05, 3.63) is 80.7 Å². The van der Waals surface area contributed by atoms with Crippen LogP contribution in [0.4, 0.5) is 10.1 Å². The Morgan fingerprint density at radius 1 is 1.00 bits per heavy atom. The molecule has 4 rings (SSSR count). The summed E-state index contributed by atoms with van der Waals surface area (Å²) >= 11 is 1.00. The first kappa shape index (κ1) is 25.8. The van der Waals surface area contributed by atoms with Gasteiger partial charge in [0, 0.05) is 25.3 Å². The minimum absolute atomic E-state index is 0.0899. The van der Waals surface area contributed by atoms with E-state index in [4.69, 9.17) is 4.74 Å². The molecular weight excluding hydrogens is 501 g/mol. The molecule has 2 heterocycles. The molecule has 2 aromatic heterocycles. The molecule has 0 saturated heterocycles. The van der Waals surface area contributed by atoms with Gasteiger partial charge in [-0.3, -0.25) is 18.7 Å². The number of anilines is 1. The number of aromatic nitrogens is 4. The Morgan fingerprint density at radius 3 is 2.32 bits per heavy atom. The second-order valence-corrected chi connectivity index (χ2v) is 8.86. The average molecular weight is 524 g/mol. The number of carbonyl (C=O) groups excluding carboxylic acids is 2. The molecule has 0 aliphatic rings. The highest BCUT2D eigenvalue weighted by Crippen LogP contribution is 2.26. The third-order valence-corrected chi connectivity index (χ3v) is 6.36. The maximum Gasteiger partial charge on any atom is 0.338 e. The van der Waals surface area contributed by atoms with E-state index in [-0.39, 0.29) is 40.2 Å². The number of carbonyl (C=O) groups is 2. The minimum atomic E-state index is -0.596. The molecule has 2 aromatic carbocycles. The number of esters is 1. The van der Waals surface area contributed by atoms with Crippen LogP contribution in [0.3, 0.4) is 0 Å². The number of aryl methyl sites for hydroxylation is 1. The minimum Gasteiger partial charge on any atom is -0.462 e. The summed E-state index contributed by atoms with van der Waals surface area (Å²) in [6.07, 6.45) is 0. The second-order valence-electron chi connectivity index (χ2n) is 7.90. The maximum absolute atomic E-state index is 13.4. The summed E-state index contributed by atoms with van der Waals surface area (Å²) in [6, 6.07) is 11.7. The van der Waals surface area contributed by atoms with E-state index in [9.17, 15) is 23.6 Å². The van der Waals surface area contributed by atoms with Crippen molar-refractivity contribution in [1.82, 2.24) is 19.1 Å². The lowest BCUT2D eigenvalue weighted by molar-refractivity contribution is -0.113. The zero-order valence-corrected chi connectivity index (χ0v) is 21.0. The van der Waals surface area contributed by atoms with E-state index in [1.54, 1.807) is 19.1 Å². The van der Waals surface area contributed by atoms with E-state index < -0.39 is 23.0 Å². The molecule has 190 valence electrons. The number of nitrogens with one attached hydrogen (secondary N) is 1. The fourth-order valence-electron chi connectivity index (χ4n) is 3.50. The predicted molar refractivity (Wildman–Crippen MR) is 137 cm³/mol. The molecular formula is C25H22FN5O5S. The van der Waals surface area contributed by atoms with Gasteiger partial charge in [-0.05, 0) is 55.5 Å². The molecule has 4 aromatic rings. The topological polar surface area (TPSA) is 125 Å². The van der Waals surface area contributed by atoms with Gasteiger partial charge in [-0.2, -0.15) is 0 Å². The highest BCUT2D eigenvalue weighted by molar-refractivity contribution is 8.00. The standard InChI is InChI=1S/C25H22FN5O5S/c1-4-36-24(34)15-7-11-17(12-8-15)27-18(32)13-37-22-19-21(30(2)25(35)31(3)23(19)33)28-20(29-22)14-5-9-16(26)10-6-14/h5-12H,4,13H2,1-3H3,(H,27,32). The molecule has 0 radical (unpaired) electrons. The van der Waals surface area contributed by atoms with E-state index in [0.717, 1.165) is 16.3 Å². The summed E-state index contributed by atoms with van der Waals surface area (Å²) in [5.74, 6) is -1.22. The maximum atomic E-state index is 13.4. The van der Waals surface area contributed by atoms with Crippen molar-refractivity contribution >= 4 is 40.4 Å². The van der Waals surface area contributed by atoms with Gasteiger partial charge in [0.2, 0.25) is 5.91 Å². The van der Waals surface area contributed by atoms with Crippen LogP contribution in [0.2, 0.25) is 0 Å². The van der Waals surface area contributed by atoms with Crippen LogP contribution in [-0.4, -0.2) is 43.3 Å². The fraction of sp³-hybridized carbons (Fsp3) is 0.200. The monoisotopic (exact) mass is 523 g/mol. The van der Waals surface area contributed by atoms with Crippen LogP contribution in [0.1, 0.15) is 17.3 Å². The van der Waals surface area contributed by atoms with Gasteiger partial charge in [0.25, 0.3) is 5.56 Å². The van der Waals surface area contributed by atoms with Gasteiger partial charge >= 0.3 is 11.7 Å². The quantitative estimate of drug-likeness (QED) is 0.223. The highest BCUT2D eigenvalue weighted by Gasteiger charge is 2.19. The van der Waals surface area contributed by atoms with Crippen molar-refractivity contribution in [2.24, 2.45) is 14.1 Å². The number of nitrogens with zero attached hydrogens (tertiary/aromatic N) is 4. The summed E-state index contributed by atoms with van der Waals surface area (Å²) < 4.78 is 20.5. The number of ether oxygens (including phenoxy) is 1. The molecule has 0 spiro atoms. The largest absolute Gasteiger partial charge is 0.462 e. The molecule has 10 nitrogen and oxygen atoms in total. The van der Waals surface area contributed by atoms with Crippen LogP contribution in [0.25, 0.3) is 22.4 Å². The molecule has 0 unspecified atom stereocenters. The van der Waals surface area contributed by atoms with Crippen LogP contribution in [0, 0.1) is 5.82 Å². The normalized spacial score (nSPS) is 10.9. The number of halogens is 1. The lowest BCUT2D eigenvalue weighted by Gasteiger charge is -2.12. The number of thioether (sulfide) groups is 1. The van der Waals surface area contributed by atoms with Gasteiger partial charge in [-0.1, -0.05) is 11.8 Å². The molecule has 0 saturated carbocycles. The first-order valence-corrected chi connectivity index (χ1v) is 12.1. The smallest absolute Gasteiger partial charge is 0.338 e. The Balaban J connectivity index is 1.64. The summed E-state index contributed by atoms with van der Waals surface area (Å²) in [5, 5.41) is 3.01. The molecule has 0 aliphatic heterocycles. The van der Waals surface area contributed by atoms with Crippen molar-refractivity contribution in [1.29, 1.82) is 0 Å². The Hall–Kier alpha value is -4.32. The van der Waals surface area contributed by atoms with Crippen LogP contribution in [0.15, 0.2) is 63.1 Å². The summed E-state index contributed by atoms with van der Waals surface area (Å²) in [6.45, 7) is 1.97. The second kappa shape index (κ2) is 10.7. The SMILES string of the molecule is CCOC(=O)c1ccc(NC(=O)CSc2nc(-c3ccc(F)cc3)nc3c2c(=O)n(C)c(=O)n3C)cc1. The molecule has 0 bridgehead atoms. The fourth-order valence-corrected chi connectivity index (χ4v) is 4.31. The molecule has 37 heavy (non-hydrogen) atoms. The lowest BCUT2D eigenvalue weighted by Crippen LogP contribution is -2.37. The van der Waals surface area contributed by atoms with E-state index in [1.165, 1.54) is 55.1 Å². The number of hydrogen-bond donors (Lipinski definition) is 1. The number of rotatable bonds is 7. The van der Waals surface area contributed by atoms with Gasteiger partial charge in [-0.25, -0.2) is 23.9 Å². The van der Waals surface area contributed by atoms with Crippen LogP contribution < -0.4 is 16.6 Å². The van der Waals surface area contributed by atoms with E-state index in [1.807, 2.05) is 0 Å². The Kier molecular flexibility index (Phi) is 7.48. The van der Waals surface area contributed by atoms with Gasteiger partial charge in [-0.15, -0.1) is 0 Å². The highest BCUT2D eigenvalue weighted by atomic mass is 32.2. The van der Waals surface area contributed by atoms with Gasteiger partial charge in [0.15, 0.2) is 11.5 Å². The first-order chi connectivity index (χ1) is 17.7. The van der Waals surface area contributed by atoms with E-state index in [2.05, 4.69) is 15.3 Å². The van der Waals surface area contributed by atoms with Crippen molar-refractivity contribution in [3.63, 3.8) is 0 Å². The number of amides is 1. The molecule has 1 N–H and O–H groups in total. The van der Waals surface area contributed by atoms with Crippen LogP contribution >= 0.6 is 11.8 Å². The molecule has 0 aliphatic carbocycles. The van der Waals surface area contributed by atoms with Gasteiger partial charge < -0.3 is 10.1 Å². The predicted octanol–water partition coefficient (Wildman–Crippen LogP) is 2.74. The third-order valence-electron chi connectivity index (χ3n) is 5.39. The average Bonchev–Trinajstić information content (AvgIpc) is 2.90. The Labute approximate surface area is 214 Å².